The zero-order valence-electron chi connectivity index (χ0n) is 15.3. The molecule has 2 aromatic carbocycles. The van der Waals surface area contributed by atoms with Gasteiger partial charge in [0.15, 0.2) is 0 Å². The van der Waals surface area contributed by atoms with Crippen molar-refractivity contribution in [3.8, 4) is 5.69 Å². The highest BCUT2D eigenvalue weighted by Gasteiger charge is 2.44. The van der Waals surface area contributed by atoms with E-state index in [0.29, 0.717) is 35.6 Å². The molecule has 2 atom stereocenters. The highest BCUT2D eigenvalue weighted by Crippen LogP contribution is 2.47. The summed E-state index contributed by atoms with van der Waals surface area (Å²) in [7, 11) is 0. The van der Waals surface area contributed by atoms with E-state index in [9.17, 15) is 14.0 Å². The van der Waals surface area contributed by atoms with Crippen LogP contribution in [0.5, 0.6) is 0 Å². The van der Waals surface area contributed by atoms with Gasteiger partial charge in [-0.1, -0.05) is 41.9 Å². The predicted molar refractivity (Wildman–Crippen MR) is 109 cm³/mol. The Morgan fingerprint density at radius 3 is 2.55 bits per heavy atom. The fourth-order valence-corrected chi connectivity index (χ4v) is 4.62. The standard InChI is InChI=1S/C22H17ClFN3O2/c23-13-8-4-9-14(24)17(13)19-18-15(10-5-11-16(18)28)25-21-20(19)22(29)27(26-21)12-6-2-1-3-7-12/h1-4,6-10,18-19,25-26H,5,11H2/t18-,19-/m1/s1. The molecule has 2 N–H and O–H groups in total. The second-order valence-corrected chi connectivity index (χ2v) is 7.66. The minimum atomic E-state index is -0.798. The summed E-state index contributed by atoms with van der Waals surface area (Å²) in [5.74, 6) is -1.57. The average molecular weight is 410 g/mol. The molecule has 2 heterocycles. The van der Waals surface area contributed by atoms with Crippen molar-refractivity contribution >= 4 is 23.2 Å². The van der Waals surface area contributed by atoms with Gasteiger partial charge in [-0.05, 0) is 30.7 Å². The molecule has 0 bridgehead atoms. The third kappa shape index (κ3) is 2.75. The summed E-state index contributed by atoms with van der Waals surface area (Å²) in [5.41, 5.74) is 1.49. The molecule has 29 heavy (non-hydrogen) atoms. The van der Waals surface area contributed by atoms with Crippen molar-refractivity contribution in [1.29, 1.82) is 0 Å². The topological polar surface area (TPSA) is 66.9 Å². The number of carbonyl (C=O) groups excluding carboxylic acids is 1. The molecule has 1 aliphatic heterocycles. The largest absolute Gasteiger partial charge is 0.343 e. The molecule has 3 aromatic rings. The predicted octanol–water partition coefficient (Wildman–Crippen LogP) is 4.38. The van der Waals surface area contributed by atoms with Crippen molar-refractivity contribution in [1.82, 2.24) is 9.78 Å². The first-order valence-electron chi connectivity index (χ1n) is 9.40. The molecule has 146 valence electrons. The van der Waals surface area contributed by atoms with E-state index in [-0.39, 0.29) is 21.9 Å². The van der Waals surface area contributed by atoms with Gasteiger partial charge in [0.25, 0.3) is 5.56 Å². The average Bonchev–Trinajstić information content (AvgIpc) is 3.04. The van der Waals surface area contributed by atoms with Crippen molar-refractivity contribution in [2.24, 2.45) is 5.92 Å². The monoisotopic (exact) mass is 409 g/mol. The molecule has 0 saturated heterocycles. The Bertz CT molecular complexity index is 1190. The lowest BCUT2D eigenvalue weighted by Crippen LogP contribution is -2.37. The maximum absolute atomic E-state index is 14.9. The Hall–Kier alpha value is -3.12. The number of carbonyl (C=O) groups is 1. The van der Waals surface area contributed by atoms with E-state index in [1.54, 1.807) is 18.2 Å². The number of para-hydroxylation sites is 1. The molecule has 1 aliphatic carbocycles. The molecular weight excluding hydrogens is 393 g/mol. The Kier molecular flexibility index (Phi) is 4.17. The molecule has 0 radical (unpaired) electrons. The van der Waals surface area contributed by atoms with E-state index in [1.807, 2.05) is 24.3 Å². The van der Waals surface area contributed by atoms with Gasteiger partial charge in [-0.25, -0.2) is 9.07 Å². The number of H-pyrrole nitrogens is 1. The van der Waals surface area contributed by atoms with Crippen LogP contribution in [0.1, 0.15) is 29.9 Å². The minimum Gasteiger partial charge on any atom is -0.343 e. The number of nitrogens with zero attached hydrogens (tertiary/aromatic N) is 1. The Morgan fingerprint density at radius 1 is 1.00 bits per heavy atom. The lowest BCUT2D eigenvalue weighted by molar-refractivity contribution is -0.122. The molecule has 0 unspecified atom stereocenters. The van der Waals surface area contributed by atoms with Gasteiger partial charge in [0, 0.05) is 28.6 Å². The van der Waals surface area contributed by atoms with E-state index in [1.165, 1.54) is 16.8 Å². The van der Waals surface area contributed by atoms with Crippen LogP contribution in [0.4, 0.5) is 10.2 Å². The number of allylic oxidation sites excluding steroid dienone is 2. The van der Waals surface area contributed by atoms with E-state index in [2.05, 4.69) is 10.4 Å². The third-order valence-electron chi connectivity index (χ3n) is 5.60. The van der Waals surface area contributed by atoms with Crippen LogP contribution in [-0.2, 0) is 4.79 Å². The fourth-order valence-electron chi connectivity index (χ4n) is 4.34. The maximum atomic E-state index is 14.9. The summed E-state index contributed by atoms with van der Waals surface area (Å²) in [6.07, 6.45) is 2.90. The quantitative estimate of drug-likeness (QED) is 0.660. The molecule has 0 amide bonds. The van der Waals surface area contributed by atoms with Gasteiger partial charge in [0.05, 0.1) is 17.2 Å². The summed E-state index contributed by atoms with van der Waals surface area (Å²) in [5, 5.41) is 6.48. The van der Waals surface area contributed by atoms with Crippen LogP contribution < -0.4 is 10.9 Å². The van der Waals surface area contributed by atoms with Crippen LogP contribution in [0.2, 0.25) is 5.02 Å². The highest BCUT2D eigenvalue weighted by molar-refractivity contribution is 6.31. The summed E-state index contributed by atoms with van der Waals surface area (Å²) in [6.45, 7) is 0. The number of fused-ring (bicyclic) bond motifs is 2. The van der Waals surface area contributed by atoms with Gasteiger partial charge in [-0.3, -0.25) is 14.7 Å². The number of anilines is 1. The Balaban J connectivity index is 1.80. The molecule has 1 aromatic heterocycles. The molecule has 0 fully saturated rings. The van der Waals surface area contributed by atoms with Gasteiger partial charge in [0.2, 0.25) is 0 Å². The SMILES string of the molecule is O=C1CCC=C2Nc3[nH]n(-c4ccccc4)c(=O)c3[C@H](c3c(F)cccc3Cl)[C@@H]12. The molecule has 0 saturated carbocycles. The first kappa shape index (κ1) is 17.9. The Morgan fingerprint density at radius 2 is 1.79 bits per heavy atom. The van der Waals surface area contributed by atoms with Crippen molar-refractivity contribution in [3.63, 3.8) is 0 Å². The molecule has 0 spiro atoms. The first-order chi connectivity index (χ1) is 14.1. The van der Waals surface area contributed by atoms with Gasteiger partial charge in [0.1, 0.15) is 17.4 Å². The summed E-state index contributed by atoms with van der Waals surface area (Å²) in [4.78, 5) is 26.3. The number of Topliss-reactive ketones (excluding diaryl/α,β-unsaturated/α-hetero) is 1. The Labute approximate surface area is 170 Å². The van der Waals surface area contributed by atoms with Gasteiger partial charge in [-0.2, -0.15) is 0 Å². The van der Waals surface area contributed by atoms with Crippen LogP contribution >= 0.6 is 11.6 Å². The number of aromatic amines is 1. The second kappa shape index (κ2) is 6.74. The number of aromatic nitrogens is 2. The van der Waals surface area contributed by atoms with Crippen LogP contribution in [0.15, 0.2) is 65.1 Å². The zero-order valence-corrected chi connectivity index (χ0v) is 16.0. The number of benzene rings is 2. The van der Waals surface area contributed by atoms with Crippen molar-refractivity contribution in [2.45, 2.75) is 18.8 Å². The van der Waals surface area contributed by atoms with Gasteiger partial charge >= 0.3 is 0 Å². The maximum Gasteiger partial charge on any atom is 0.277 e. The lowest BCUT2D eigenvalue weighted by atomic mass is 9.72. The van der Waals surface area contributed by atoms with Crippen molar-refractivity contribution in [2.75, 3.05) is 5.32 Å². The molecule has 2 aliphatic rings. The molecular formula is C22H17ClFN3O2. The number of halogens is 2. The zero-order chi connectivity index (χ0) is 20.1. The third-order valence-corrected chi connectivity index (χ3v) is 5.93. The van der Waals surface area contributed by atoms with E-state index >= 15 is 0 Å². The van der Waals surface area contributed by atoms with E-state index < -0.39 is 17.7 Å². The minimum absolute atomic E-state index is 0.0307. The smallest absolute Gasteiger partial charge is 0.277 e. The second-order valence-electron chi connectivity index (χ2n) is 7.26. The first-order valence-corrected chi connectivity index (χ1v) is 9.78. The normalized spacial score (nSPS) is 20.5. The number of hydrogen-bond acceptors (Lipinski definition) is 3. The van der Waals surface area contributed by atoms with Crippen LogP contribution in [0.3, 0.4) is 0 Å². The fraction of sp³-hybridized carbons (Fsp3) is 0.182. The summed E-state index contributed by atoms with van der Waals surface area (Å²) < 4.78 is 16.3. The lowest BCUT2D eigenvalue weighted by Gasteiger charge is -2.35. The molecule has 5 nitrogen and oxygen atoms in total. The van der Waals surface area contributed by atoms with Crippen LogP contribution in [0.25, 0.3) is 5.69 Å². The number of nitrogens with one attached hydrogen (secondary N) is 2. The van der Waals surface area contributed by atoms with E-state index in [4.69, 9.17) is 11.6 Å². The molecule has 7 heteroatoms. The van der Waals surface area contributed by atoms with Crippen molar-refractivity contribution in [3.05, 3.63) is 92.6 Å². The highest BCUT2D eigenvalue weighted by atomic mass is 35.5. The van der Waals surface area contributed by atoms with Gasteiger partial charge in [-0.15, -0.1) is 0 Å². The van der Waals surface area contributed by atoms with E-state index in [0.717, 1.165) is 0 Å². The van der Waals surface area contributed by atoms with Gasteiger partial charge < -0.3 is 5.32 Å². The molecule has 5 rings (SSSR count). The van der Waals surface area contributed by atoms with Crippen LogP contribution in [-0.4, -0.2) is 15.6 Å². The van der Waals surface area contributed by atoms with Crippen LogP contribution in [0, 0.1) is 11.7 Å². The number of rotatable bonds is 2. The summed E-state index contributed by atoms with van der Waals surface area (Å²) >= 11 is 6.37. The number of ketones is 1. The summed E-state index contributed by atoms with van der Waals surface area (Å²) in [6, 6.07) is 13.5. The number of hydrogen-bond donors (Lipinski definition) is 2. The van der Waals surface area contributed by atoms with Crippen molar-refractivity contribution < 1.29 is 9.18 Å².